The zero-order valence-electron chi connectivity index (χ0n) is 13.3. The fourth-order valence-electron chi connectivity index (χ4n) is 2.33. The minimum Gasteiger partial charge on any atom is -0.497 e. The summed E-state index contributed by atoms with van der Waals surface area (Å²) >= 11 is 3.39. The number of rotatable bonds is 5. The average molecular weight is 380 g/mol. The van der Waals surface area contributed by atoms with Crippen LogP contribution in [0.2, 0.25) is 0 Å². The van der Waals surface area contributed by atoms with Gasteiger partial charge in [0.2, 0.25) is 0 Å². The molecule has 0 radical (unpaired) electrons. The molecular formula is C18H19BrFNO2. The van der Waals surface area contributed by atoms with Crippen molar-refractivity contribution in [2.24, 2.45) is 5.92 Å². The predicted molar refractivity (Wildman–Crippen MR) is 92.1 cm³/mol. The lowest BCUT2D eigenvalue weighted by Crippen LogP contribution is -2.32. The summed E-state index contributed by atoms with van der Waals surface area (Å²) in [4.78, 5) is 12.6. The Morgan fingerprint density at radius 3 is 2.39 bits per heavy atom. The number of amides is 1. The Morgan fingerprint density at radius 1 is 1.17 bits per heavy atom. The standard InChI is InChI=1S/C18H19BrFNO2/c1-11(2)17(12-4-6-13(20)7-5-12)21-18(22)15-10-14(23-3)8-9-16(15)19/h4-11,17H,1-3H3,(H,21,22). The Bertz CT molecular complexity index is 686. The van der Waals surface area contributed by atoms with E-state index in [4.69, 9.17) is 4.74 Å². The number of carbonyl (C=O) groups is 1. The summed E-state index contributed by atoms with van der Waals surface area (Å²) in [5.41, 5.74) is 1.37. The predicted octanol–water partition coefficient (Wildman–Crippen LogP) is 4.72. The Hall–Kier alpha value is -1.88. The van der Waals surface area contributed by atoms with Gasteiger partial charge in [0, 0.05) is 4.47 Å². The summed E-state index contributed by atoms with van der Waals surface area (Å²) in [6, 6.07) is 11.2. The summed E-state index contributed by atoms with van der Waals surface area (Å²) in [7, 11) is 1.56. The number of ether oxygens (including phenoxy) is 1. The lowest BCUT2D eigenvalue weighted by molar-refractivity contribution is 0.0924. The summed E-state index contributed by atoms with van der Waals surface area (Å²) in [6.45, 7) is 4.02. The summed E-state index contributed by atoms with van der Waals surface area (Å²) in [5.74, 6) is 0.270. The highest BCUT2D eigenvalue weighted by Crippen LogP contribution is 2.26. The fourth-order valence-corrected chi connectivity index (χ4v) is 2.76. The quantitative estimate of drug-likeness (QED) is 0.815. The van der Waals surface area contributed by atoms with Crippen LogP contribution >= 0.6 is 15.9 Å². The van der Waals surface area contributed by atoms with Gasteiger partial charge in [-0.2, -0.15) is 0 Å². The molecule has 23 heavy (non-hydrogen) atoms. The van der Waals surface area contributed by atoms with Crippen LogP contribution in [0.5, 0.6) is 5.75 Å². The van der Waals surface area contributed by atoms with Crippen molar-refractivity contribution in [2.45, 2.75) is 19.9 Å². The van der Waals surface area contributed by atoms with E-state index in [0.717, 1.165) is 5.56 Å². The molecule has 122 valence electrons. The molecule has 0 fully saturated rings. The van der Waals surface area contributed by atoms with Gasteiger partial charge in [0.25, 0.3) is 5.91 Å². The maximum Gasteiger partial charge on any atom is 0.253 e. The molecule has 0 heterocycles. The van der Waals surface area contributed by atoms with Crippen molar-refractivity contribution in [3.05, 3.63) is 63.9 Å². The number of hydrogen-bond donors (Lipinski definition) is 1. The molecule has 0 bridgehead atoms. The Kier molecular flexibility index (Phi) is 5.77. The fraction of sp³-hybridized carbons (Fsp3) is 0.278. The molecule has 1 N–H and O–H groups in total. The van der Waals surface area contributed by atoms with Crippen LogP contribution in [0.4, 0.5) is 4.39 Å². The molecule has 2 aromatic carbocycles. The molecule has 2 rings (SSSR count). The van der Waals surface area contributed by atoms with E-state index < -0.39 is 0 Å². The molecule has 0 aliphatic rings. The monoisotopic (exact) mass is 379 g/mol. The number of carbonyl (C=O) groups excluding carboxylic acids is 1. The van der Waals surface area contributed by atoms with Crippen LogP contribution in [-0.4, -0.2) is 13.0 Å². The largest absolute Gasteiger partial charge is 0.497 e. The third-order valence-electron chi connectivity index (χ3n) is 3.60. The van der Waals surface area contributed by atoms with Gasteiger partial charge in [0.15, 0.2) is 0 Å². The SMILES string of the molecule is COc1ccc(Br)c(C(=O)NC(c2ccc(F)cc2)C(C)C)c1. The molecule has 1 unspecified atom stereocenters. The lowest BCUT2D eigenvalue weighted by Gasteiger charge is -2.23. The topological polar surface area (TPSA) is 38.3 Å². The molecule has 2 aromatic rings. The zero-order chi connectivity index (χ0) is 17.0. The van der Waals surface area contributed by atoms with Gasteiger partial charge in [-0.15, -0.1) is 0 Å². The van der Waals surface area contributed by atoms with E-state index in [0.29, 0.717) is 15.8 Å². The van der Waals surface area contributed by atoms with Crippen LogP contribution in [0.1, 0.15) is 35.8 Å². The first-order valence-electron chi connectivity index (χ1n) is 7.32. The first kappa shape index (κ1) is 17.5. The molecule has 3 nitrogen and oxygen atoms in total. The minimum absolute atomic E-state index is 0.161. The van der Waals surface area contributed by atoms with E-state index in [2.05, 4.69) is 21.2 Å². The number of methoxy groups -OCH3 is 1. The molecule has 0 saturated heterocycles. The van der Waals surface area contributed by atoms with Gasteiger partial charge < -0.3 is 10.1 Å². The average Bonchev–Trinajstić information content (AvgIpc) is 2.53. The van der Waals surface area contributed by atoms with Gasteiger partial charge in [-0.3, -0.25) is 4.79 Å². The van der Waals surface area contributed by atoms with E-state index in [1.807, 2.05) is 13.8 Å². The number of halogens is 2. The first-order valence-corrected chi connectivity index (χ1v) is 8.11. The lowest BCUT2D eigenvalue weighted by atomic mass is 9.95. The van der Waals surface area contributed by atoms with Gasteiger partial charge in [-0.25, -0.2) is 4.39 Å². The van der Waals surface area contributed by atoms with Crippen molar-refractivity contribution in [3.63, 3.8) is 0 Å². The highest BCUT2D eigenvalue weighted by Gasteiger charge is 2.20. The second-order valence-corrected chi connectivity index (χ2v) is 6.45. The minimum atomic E-state index is -0.293. The van der Waals surface area contributed by atoms with E-state index in [9.17, 15) is 9.18 Å². The molecule has 1 atom stereocenters. The molecule has 0 aliphatic heterocycles. The molecular weight excluding hydrogens is 361 g/mol. The highest BCUT2D eigenvalue weighted by atomic mass is 79.9. The van der Waals surface area contributed by atoms with E-state index in [1.165, 1.54) is 12.1 Å². The second-order valence-electron chi connectivity index (χ2n) is 5.59. The van der Waals surface area contributed by atoms with Crippen molar-refractivity contribution < 1.29 is 13.9 Å². The third kappa shape index (κ3) is 4.32. The van der Waals surface area contributed by atoms with Gasteiger partial charge in [-0.05, 0) is 57.7 Å². The van der Waals surface area contributed by atoms with E-state index in [-0.39, 0.29) is 23.7 Å². The number of benzene rings is 2. The maximum absolute atomic E-state index is 13.1. The molecule has 0 aliphatic carbocycles. The molecule has 0 saturated carbocycles. The summed E-state index contributed by atoms with van der Waals surface area (Å²) < 4.78 is 19.0. The highest BCUT2D eigenvalue weighted by molar-refractivity contribution is 9.10. The van der Waals surface area contributed by atoms with Crippen LogP contribution in [0, 0.1) is 11.7 Å². The first-order chi connectivity index (χ1) is 10.9. The molecule has 0 spiro atoms. The Labute approximate surface area is 144 Å². The number of nitrogens with one attached hydrogen (secondary N) is 1. The Morgan fingerprint density at radius 2 is 1.83 bits per heavy atom. The smallest absolute Gasteiger partial charge is 0.253 e. The normalized spacial score (nSPS) is 12.1. The summed E-state index contributed by atoms with van der Waals surface area (Å²) in [6.07, 6.45) is 0. The Balaban J connectivity index is 2.26. The van der Waals surface area contributed by atoms with Crippen LogP contribution < -0.4 is 10.1 Å². The van der Waals surface area contributed by atoms with Crippen LogP contribution in [-0.2, 0) is 0 Å². The van der Waals surface area contributed by atoms with Gasteiger partial charge in [-0.1, -0.05) is 26.0 Å². The van der Waals surface area contributed by atoms with Gasteiger partial charge in [0.05, 0.1) is 18.7 Å². The third-order valence-corrected chi connectivity index (χ3v) is 4.29. The van der Waals surface area contributed by atoms with E-state index >= 15 is 0 Å². The maximum atomic E-state index is 13.1. The van der Waals surface area contributed by atoms with Crippen molar-refractivity contribution in [1.29, 1.82) is 0 Å². The van der Waals surface area contributed by atoms with Crippen molar-refractivity contribution in [3.8, 4) is 5.75 Å². The van der Waals surface area contributed by atoms with Crippen molar-refractivity contribution >= 4 is 21.8 Å². The van der Waals surface area contributed by atoms with Gasteiger partial charge >= 0.3 is 0 Å². The van der Waals surface area contributed by atoms with Crippen LogP contribution in [0.15, 0.2) is 46.9 Å². The van der Waals surface area contributed by atoms with Crippen molar-refractivity contribution in [2.75, 3.05) is 7.11 Å². The van der Waals surface area contributed by atoms with Crippen molar-refractivity contribution in [1.82, 2.24) is 5.32 Å². The van der Waals surface area contributed by atoms with E-state index in [1.54, 1.807) is 37.4 Å². The zero-order valence-corrected chi connectivity index (χ0v) is 14.9. The molecule has 5 heteroatoms. The molecule has 0 aromatic heterocycles. The number of hydrogen-bond acceptors (Lipinski definition) is 2. The van der Waals surface area contributed by atoms with Gasteiger partial charge in [0.1, 0.15) is 11.6 Å². The molecule has 1 amide bonds. The van der Waals surface area contributed by atoms with Crippen LogP contribution in [0.3, 0.4) is 0 Å². The summed E-state index contributed by atoms with van der Waals surface area (Å²) in [5, 5.41) is 3.01. The van der Waals surface area contributed by atoms with Crippen LogP contribution in [0.25, 0.3) is 0 Å². The second kappa shape index (κ2) is 7.59.